The van der Waals surface area contributed by atoms with Crippen molar-refractivity contribution < 1.29 is 14.1 Å². The molecule has 0 spiro atoms. The first kappa shape index (κ1) is 20.4. The van der Waals surface area contributed by atoms with Gasteiger partial charge in [0.15, 0.2) is 5.76 Å². The predicted molar refractivity (Wildman–Crippen MR) is 118 cm³/mol. The lowest BCUT2D eigenvalue weighted by Crippen LogP contribution is -2.48. The molecule has 1 fully saturated rings. The lowest BCUT2D eigenvalue weighted by Gasteiger charge is -2.36. The highest BCUT2D eigenvalue weighted by atomic mass is 79.9. The maximum absolute atomic E-state index is 12.8. The monoisotopic (exact) mass is 489 g/mol. The SMILES string of the molecule is O=C(c1ccc(-c2ccc(Br)cc2)o1)N1CCN(c2ccc([N+](=O)[O-])cc2Cl)CC1. The van der Waals surface area contributed by atoms with Crippen molar-refractivity contribution >= 4 is 44.8 Å². The highest BCUT2D eigenvalue weighted by Gasteiger charge is 2.26. The second kappa shape index (κ2) is 8.49. The van der Waals surface area contributed by atoms with Crippen LogP contribution in [0.25, 0.3) is 11.3 Å². The minimum absolute atomic E-state index is 0.0445. The molecule has 0 saturated carbocycles. The number of hydrogen-bond acceptors (Lipinski definition) is 5. The average Bonchev–Trinajstić information content (AvgIpc) is 3.24. The van der Waals surface area contributed by atoms with Crippen molar-refractivity contribution in [1.29, 1.82) is 0 Å². The first-order chi connectivity index (χ1) is 14.4. The highest BCUT2D eigenvalue weighted by molar-refractivity contribution is 9.10. The Bertz CT molecular complexity index is 1090. The smallest absolute Gasteiger partial charge is 0.289 e. The molecule has 0 unspecified atom stereocenters. The molecule has 1 aliphatic heterocycles. The van der Waals surface area contributed by atoms with E-state index >= 15 is 0 Å². The number of anilines is 1. The summed E-state index contributed by atoms with van der Waals surface area (Å²) >= 11 is 9.63. The van der Waals surface area contributed by atoms with E-state index < -0.39 is 4.92 Å². The lowest BCUT2D eigenvalue weighted by atomic mass is 10.2. The molecule has 2 heterocycles. The zero-order valence-corrected chi connectivity index (χ0v) is 18.1. The van der Waals surface area contributed by atoms with Crippen molar-refractivity contribution in [3.8, 4) is 11.3 Å². The number of halogens is 2. The number of nitro benzene ring substituents is 1. The molecule has 154 valence electrons. The summed E-state index contributed by atoms with van der Waals surface area (Å²) < 4.78 is 6.76. The van der Waals surface area contributed by atoms with Gasteiger partial charge in [-0.3, -0.25) is 14.9 Å². The van der Waals surface area contributed by atoms with Gasteiger partial charge in [0.1, 0.15) is 5.76 Å². The highest BCUT2D eigenvalue weighted by Crippen LogP contribution is 2.31. The molecule has 1 saturated heterocycles. The van der Waals surface area contributed by atoms with Crippen LogP contribution in [-0.4, -0.2) is 41.9 Å². The number of nitro groups is 1. The number of hydrogen-bond donors (Lipinski definition) is 0. The predicted octanol–water partition coefficient (Wildman–Crippen LogP) is 5.23. The fraction of sp³-hybridized carbons (Fsp3) is 0.190. The van der Waals surface area contributed by atoms with Crippen LogP contribution in [0.15, 0.2) is 63.5 Å². The van der Waals surface area contributed by atoms with E-state index in [-0.39, 0.29) is 11.6 Å². The van der Waals surface area contributed by atoms with E-state index in [1.807, 2.05) is 29.2 Å². The van der Waals surface area contributed by atoms with Crippen LogP contribution in [-0.2, 0) is 0 Å². The number of nitrogens with zero attached hydrogens (tertiary/aromatic N) is 3. The van der Waals surface area contributed by atoms with E-state index in [9.17, 15) is 14.9 Å². The molecule has 0 bridgehead atoms. The Morgan fingerprint density at radius 2 is 1.73 bits per heavy atom. The Labute approximate surface area is 186 Å². The van der Waals surface area contributed by atoms with Crippen LogP contribution in [0.3, 0.4) is 0 Å². The summed E-state index contributed by atoms with van der Waals surface area (Å²) in [7, 11) is 0. The van der Waals surface area contributed by atoms with Crippen molar-refractivity contribution in [1.82, 2.24) is 4.90 Å². The summed E-state index contributed by atoms with van der Waals surface area (Å²) in [5.41, 5.74) is 1.58. The topological polar surface area (TPSA) is 79.8 Å². The van der Waals surface area contributed by atoms with Gasteiger partial charge in [0.25, 0.3) is 11.6 Å². The number of furan rings is 1. The van der Waals surface area contributed by atoms with Crippen molar-refractivity contribution in [2.45, 2.75) is 0 Å². The minimum atomic E-state index is -0.474. The zero-order chi connectivity index (χ0) is 21.3. The van der Waals surface area contributed by atoms with E-state index in [0.29, 0.717) is 42.7 Å². The summed E-state index contributed by atoms with van der Waals surface area (Å²) in [6.07, 6.45) is 0. The molecule has 1 aromatic heterocycles. The molecule has 2 aromatic carbocycles. The van der Waals surface area contributed by atoms with Gasteiger partial charge < -0.3 is 14.2 Å². The Balaban J connectivity index is 1.41. The first-order valence-corrected chi connectivity index (χ1v) is 10.4. The van der Waals surface area contributed by atoms with Crippen LogP contribution in [0, 0.1) is 10.1 Å². The van der Waals surface area contributed by atoms with Crippen LogP contribution in [0.4, 0.5) is 11.4 Å². The molecule has 9 heteroatoms. The van der Waals surface area contributed by atoms with Crippen LogP contribution >= 0.6 is 27.5 Å². The second-order valence-electron chi connectivity index (χ2n) is 6.84. The van der Waals surface area contributed by atoms with E-state index in [2.05, 4.69) is 15.9 Å². The van der Waals surface area contributed by atoms with Crippen molar-refractivity contribution in [3.63, 3.8) is 0 Å². The Hall–Kier alpha value is -2.84. The third kappa shape index (κ3) is 4.20. The van der Waals surface area contributed by atoms with Gasteiger partial charge in [-0.25, -0.2) is 0 Å². The van der Waals surface area contributed by atoms with Gasteiger partial charge >= 0.3 is 0 Å². The summed E-state index contributed by atoms with van der Waals surface area (Å²) in [5.74, 6) is 0.782. The molecule has 7 nitrogen and oxygen atoms in total. The van der Waals surface area contributed by atoms with Crippen LogP contribution in [0.5, 0.6) is 0 Å². The van der Waals surface area contributed by atoms with E-state index in [0.717, 1.165) is 15.7 Å². The lowest BCUT2D eigenvalue weighted by molar-refractivity contribution is -0.384. The third-order valence-electron chi connectivity index (χ3n) is 5.00. The average molecular weight is 491 g/mol. The largest absolute Gasteiger partial charge is 0.451 e. The van der Waals surface area contributed by atoms with Gasteiger partial charge in [-0.15, -0.1) is 0 Å². The normalized spacial score (nSPS) is 14.1. The molecular formula is C21H17BrClN3O4. The molecule has 3 aromatic rings. The molecular weight excluding hydrogens is 474 g/mol. The second-order valence-corrected chi connectivity index (χ2v) is 8.17. The van der Waals surface area contributed by atoms with Gasteiger partial charge in [0, 0.05) is 48.3 Å². The quantitative estimate of drug-likeness (QED) is 0.369. The molecule has 0 N–H and O–H groups in total. The summed E-state index contributed by atoms with van der Waals surface area (Å²) in [5, 5.41) is 11.2. The maximum atomic E-state index is 12.8. The molecule has 1 amide bonds. The summed E-state index contributed by atoms with van der Waals surface area (Å²) in [6, 6.07) is 15.6. The van der Waals surface area contributed by atoms with Crippen LogP contribution in [0.2, 0.25) is 5.02 Å². The van der Waals surface area contributed by atoms with E-state index in [1.54, 1.807) is 23.1 Å². The van der Waals surface area contributed by atoms with Crippen molar-refractivity contribution in [2.75, 3.05) is 31.1 Å². The van der Waals surface area contributed by atoms with Crippen molar-refractivity contribution in [2.24, 2.45) is 0 Å². The zero-order valence-electron chi connectivity index (χ0n) is 15.8. The van der Waals surface area contributed by atoms with Gasteiger partial charge in [0.2, 0.25) is 0 Å². The van der Waals surface area contributed by atoms with E-state index in [4.69, 9.17) is 16.0 Å². The van der Waals surface area contributed by atoms with Gasteiger partial charge in [-0.1, -0.05) is 39.7 Å². The summed E-state index contributed by atoms with van der Waals surface area (Å²) in [6.45, 7) is 2.15. The molecule has 30 heavy (non-hydrogen) atoms. The van der Waals surface area contributed by atoms with Crippen LogP contribution in [0.1, 0.15) is 10.6 Å². The number of benzene rings is 2. The minimum Gasteiger partial charge on any atom is -0.451 e. The maximum Gasteiger partial charge on any atom is 0.289 e. The number of non-ortho nitro benzene ring substituents is 1. The van der Waals surface area contributed by atoms with Gasteiger partial charge in [-0.05, 0) is 30.3 Å². The van der Waals surface area contributed by atoms with E-state index in [1.165, 1.54) is 12.1 Å². The number of piperazine rings is 1. The molecule has 0 atom stereocenters. The number of amides is 1. The number of carbonyl (C=O) groups is 1. The molecule has 1 aliphatic rings. The Morgan fingerprint density at radius 1 is 1.03 bits per heavy atom. The van der Waals surface area contributed by atoms with Crippen molar-refractivity contribution in [3.05, 3.63) is 80.0 Å². The Kier molecular flexibility index (Phi) is 5.78. The molecule has 0 radical (unpaired) electrons. The first-order valence-electron chi connectivity index (χ1n) is 9.26. The fourth-order valence-electron chi connectivity index (χ4n) is 3.39. The summed E-state index contributed by atoms with van der Waals surface area (Å²) in [4.78, 5) is 27.0. The molecule has 0 aliphatic carbocycles. The van der Waals surface area contributed by atoms with Crippen LogP contribution < -0.4 is 4.90 Å². The van der Waals surface area contributed by atoms with Gasteiger partial charge in [0.05, 0.1) is 15.6 Å². The third-order valence-corrected chi connectivity index (χ3v) is 5.83. The Morgan fingerprint density at radius 3 is 2.37 bits per heavy atom. The standard InChI is InChI=1S/C21H17BrClN3O4/c22-15-3-1-14(2-4-15)19-7-8-20(30-19)21(27)25-11-9-24(10-12-25)18-6-5-16(26(28)29)13-17(18)23/h1-8,13H,9-12H2. The van der Waals surface area contributed by atoms with Gasteiger partial charge in [-0.2, -0.15) is 0 Å². The molecule has 4 rings (SSSR count). The fourth-order valence-corrected chi connectivity index (χ4v) is 3.95. The number of rotatable bonds is 4. The number of carbonyl (C=O) groups excluding carboxylic acids is 1.